The average molecular weight is 238 g/mol. The number of benzene rings is 1. The number of nitrogens with two attached hydrogens (primary N) is 1. The maximum atomic E-state index is 11.3. The van der Waals surface area contributed by atoms with E-state index in [0.29, 0.717) is 31.0 Å². The minimum absolute atomic E-state index is 0.0242. The summed E-state index contributed by atoms with van der Waals surface area (Å²) in [6, 6.07) is 5.24. The largest absolute Gasteiger partial charge is 0.398 e. The molecule has 5 nitrogen and oxygen atoms in total. The van der Waals surface area contributed by atoms with E-state index in [9.17, 15) is 4.79 Å². The molecule has 0 bridgehead atoms. The minimum Gasteiger partial charge on any atom is -0.398 e. The molecule has 0 aliphatic heterocycles. The molecule has 0 heterocycles. The summed E-state index contributed by atoms with van der Waals surface area (Å²) in [5.74, 6) is -0.0531. The number of hydrogen-bond acceptors (Lipinski definition) is 5. The number of anilines is 2. The molecule has 1 aromatic rings. The molecular weight excluding hydrogens is 220 g/mol. The number of ketones is 1. The topological polar surface area (TPSA) is 84.6 Å². The molecule has 0 amide bonds. The van der Waals surface area contributed by atoms with Crippen molar-refractivity contribution in [3.05, 3.63) is 23.8 Å². The Balaban J connectivity index is 2.49. The van der Waals surface area contributed by atoms with Gasteiger partial charge in [-0.15, -0.1) is 0 Å². The molecule has 0 radical (unpaired) electrons. The van der Waals surface area contributed by atoms with Crippen molar-refractivity contribution in [1.29, 1.82) is 0 Å². The van der Waals surface area contributed by atoms with Crippen LogP contribution in [0.25, 0.3) is 0 Å². The summed E-state index contributed by atoms with van der Waals surface area (Å²) in [4.78, 5) is 11.3. The van der Waals surface area contributed by atoms with Crippen molar-refractivity contribution in [3.63, 3.8) is 0 Å². The van der Waals surface area contributed by atoms with Gasteiger partial charge in [-0.1, -0.05) is 0 Å². The predicted octanol–water partition coefficient (Wildman–Crippen LogP) is 0.892. The van der Waals surface area contributed by atoms with E-state index in [1.165, 1.54) is 6.92 Å². The van der Waals surface area contributed by atoms with E-state index in [1.807, 2.05) is 6.07 Å². The Labute approximate surface area is 101 Å². The Morgan fingerprint density at radius 1 is 1.47 bits per heavy atom. The number of aliphatic hydroxyl groups excluding tert-OH is 1. The van der Waals surface area contributed by atoms with Crippen molar-refractivity contribution >= 4 is 17.2 Å². The highest BCUT2D eigenvalue weighted by Gasteiger charge is 2.05. The normalized spacial score (nSPS) is 10.2. The number of rotatable bonds is 7. The van der Waals surface area contributed by atoms with Gasteiger partial charge in [0.2, 0.25) is 0 Å². The van der Waals surface area contributed by atoms with Gasteiger partial charge in [-0.05, 0) is 25.1 Å². The molecule has 1 aromatic carbocycles. The fraction of sp³-hybridized carbons (Fsp3) is 0.417. The van der Waals surface area contributed by atoms with Gasteiger partial charge in [-0.25, -0.2) is 0 Å². The highest BCUT2D eigenvalue weighted by molar-refractivity contribution is 5.99. The van der Waals surface area contributed by atoms with Crippen molar-refractivity contribution in [2.24, 2.45) is 0 Å². The zero-order valence-corrected chi connectivity index (χ0v) is 9.90. The number of aliphatic hydroxyl groups is 1. The summed E-state index contributed by atoms with van der Waals surface area (Å²) in [5, 5.41) is 11.6. The standard InChI is InChI=1S/C12H18N2O3/c1-9(16)11-8-10(2-3-12(11)13)14-4-6-17-7-5-15/h2-3,8,14-15H,4-7,13H2,1H3. The highest BCUT2D eigenvalue weighted by Crippen LogP contribution is 2.18. The monoisotopic (exact) mass is 238 g/mol. The molecule has 1 rings (SSSR count). The van der Waals surface area contributed by atoms with Gasteiger partial charge in [-0.3, -0.25) is 4.79 Å². The maximum Gasteiger partial charge on any atom is 0.161 e. The van der Waals surface area contributed by atoms with Crippen LogP contribution in [-0.2, 0) is 4.74 Å². The van der Waals surface area contributed by atoms with E-state index in [-0.39, 0.29) is 12.4 Å². The number of carbonyl (C=O) groups is 1. The van der Waals surface area contributed by atoms with E-state index in [1.54, 1.807) is 12.1 Å². The molecular formula is C12H18N2O3. The third-order valence-corrected chi connectivity index (χ3v) is 2.24. The number of nitrogens with one attached hydrogen (secondary N) is 1. The zero-order chi connectivity index (χ0) is 12.7. The molecule has 5 heteroatoms. The Morgan fingerprint density at radius 2 is 2.24 bits per heavy atom. The number of ether oxygens (including phenoxy) is 1. The summed E-state index contributed by atoms with van der Waals surface area (Å²) in [6.07, 6.45) is 0. The van der Waals surface area contributed by atoms with Crippen molar-refractivity contribution < 1.29 is 14.6 Å². The molecule has 0 fully saturated rings. The molecule has 0 spiro atoms. The lowest BCUT2D eigenvalue weighted by Gasteiger charge is -2.09. The first-order valence-corrected chi connectivity index (χ1v) is 5.48. The molecule has 0 saturated carbocycles. The van der Waals surface area contributed by atoms with Gasteiger partial charge in [0.05, 0.1) is 19.8 Å². The maximum absolute atomic E-state index is 11.3. The minimum atomic E-state index is -0.0531. The summed E-state index contributed by atoms with van der Waals surface area (Å²) >= 11 is 0. The fourth-order valence-electron chi connectivity index (χ4n) is 1.41. The van der Waals surface area contributed by atoms with Crippen LogP contribution in [0.5, 0.6) is 0 Å². The second-order valence-electron chi connectivity index (χ2n) is 3.62. The van der Waals surface area contributed by atoms with Crippen LogP contribution < -0.4 is 11.1 Å². The van der Waals surface area contributed by atoms with Gasteiger partial charge in [0, 0.05) is 23.5 Å². The fourth-order valence-corrected chi connectivity index (χ4v) is 1.41. The van der Waals surface area contributed by atoms with Crippen LogP contribution in [0.2, 0.25) is 0 Å². The molecule has 0 saturated heterocycles. The quantitative estimate of drug-likeness (QED) is 0.373. The first kappa shape index (κ1) is 13.5. The van der Waals surface area contributed by atoms with Gasteiger partial charge in [0.15, 0.2) is 5.78 Å². The van der Waals surface area contributed by atoms with Gasteiger partial charge < -0.3 is 20.9 Å². The van der Waals surface area contributed by atoms with Crippen molar-refractivity contribution in [2.45, 2.75) is 6.92 Å². The third kappa shape index (κ3) is 4.42. The van der Waals surface area contributed by atoms with Gasteiger partial charge in [-0.2, -0.15) is 0 Å². The molecule has 0 aromatic heterocycles. The van der Waals surface area contributed by atoms with Crippen molar-refractivity contribution in [1.82, 2.24) is 0 Å². The average Bonchev–Trinajstić information content (AvgIpc) is 2.30. The van der Waals surface area contributed by atoms with Crippen LogP contribution in [0.3, 0.4) is 0 Å². The van der Waals surface area contributed by atoms with Crippen molar-refractivity contribution in [2.75, 3.05) is 37.4 Å². The Morgan fingerprint density at radius 3 is 2.88 bits per heavy atom. The number of nitrogen functional groups attached to an aromatic ring is 1. The smallest absolute Gasteiger partial charge is 0.161 e. The van der Waals surface area contributed by atoms with Gasteiger partial charge in [0.1, 0.15) is 0 Å². The van der Waals surface area contributed by atoms with E-state index in [0.717, 1.165) is 5.69 Å². The SMILES string of the molecule is CC(=O)c1cc(NCCOCCO)ccc1N. The number of hydrogen-bond donors (Lipinski definition) is 3. The molecule has 94 valence electrons. The van der Waals surface area contributed by atoms with Crippen LogP contribution >= 0.6 is 0 Å². The lowest BCUT2D eigenvalue weighted by atomic mass is 10.1. The van der Waals surface area contributed by atoms with Gasteiger partial charge in [0.25, 0.3) is 0 Å². The number of carbonyl (C=O) groups excluding carboxylic acids is 1. The third-order valence-electron chi connectivity index (χ3n) is 2.24. The zero-order valence-electron chi connectivity index (χ0n) is 9.90. The molecule has 0 aliphatic rings. The van der Waals surface area contributed by atoms with Crippen LogP contribution in [0.15, 0.2) is 18.2 Å². The number of Topliss-reactive ketones (excluding diaryl/α,β-unsaturated/α-hetero) is 1. The van der Waals surface area contributed by atoms with Crippen LogP contribution in [-0.4, -0.2) is 37.3 Å². The van der Waals surface area contributed by atoms with E-state index in [4.69, 9.17) is 15.6 Å². The summed E-state index contributed by atoms with van der Waals surface area (Å²) < 4.78 is 5.10. The van der Waals surface area contributed by atoms with Crippen LogP contribution in [0.1, 0.15) is 17.3 Å². The van der Waals surface area contributed by atoms with Crippen molar-refractivity contribution in [3.8, 4) is 0 Å². The second kappa shape index (κ2) is 6.88. The molecule has 0 atom stereocenters. The lowest BCUT2D eigenvalue weighted by Crippen LogP contribution is -2.12. The van der Waals surface area contributed by atoms with E-state index in [2.05, 4.69) is 5.32 Å². The predicted molar refractivity (Wildman–Crippen MR) is 67.3 cm³/mol. The molecule has 17 heavy (non-hydrogen) atoms. The summed E-state index contributed by atoms with van der Waals surface area (Å²) in [5.41, 5.74) is 7.52. The first-order valence-electron chi connectivity index (χ1n) is 5.48. The van der Waals surface area contributed by atoms with Gasteiger partial charge >= 0.3 is 0 Å². The molecule has 0 unspecified atom stereocenters. The highest BCUT2D eigenvalue weighted by atomic mass is 16.5. The Hall–Kier alpha value is -1.59. The first-order chi connectivity index (χ1) is 8.15. The van der Waals surface area contributed by atoms with Crippen LogP contribution in [0.4, 0.5) is 11.4 Å². The second-order valence-corrected chi connectivity index (χ2v) is 3.62. The Kier molecular flexibility index (Phi) is 5.45. The lowest BCUT2D eigenvalue weighted by molar-refractivity contribution is 0.0992. The molecule has 0 aliphatic carbocycles. The van der Waals surface area contributed by atoms with E-state index >= 15 is 0 Å². The van der Waals surface area contributed by atoms with Crippen LogP contribution in [0, 0.1) is 0 Å². The summed E-state index contributed by atoms with van der Waals surface area (Å²) in [7, 11) is 0. The Bertz CT molecular complexity index is 380. The summed E-state index contributed by atoms with van der Waals surface area (Å²) in [6.45, 7) is 2.96. The van der Waals surface area contributed by atoms with E-state index < -0.39 is 0 Å². The molecule has 4 N–H and O–H groups in total.